The number of carbonyl (C=O) groups excluding carboxylic acids is 4. The molecule has 0 spiro atoms. The lowest BCUT2D eigenvalue weighted by atomic mass is 9.80. The largest absolute Gasteiger partial charge is 0.363 e. The van der Waals surface area contributed by atoms with Gasteiger partial charge in [0.15, 0.2) is 0 Å². The van der Waals surface area contributed by atoms with Gasteiger partial charge in [-0.3, -0.25) is 14.4 Å². The molecule has 1 aliphatic carbocycles. The summed E-state index contributed by atoms with van der Waals surface area (Å²) in [5.41, 5.74) is 4.82. The summed E-state index contributed by atoms with van der Waals surface area (Å²) in [6, 6.07) is -1.04. The number of nitrogens with one attached hydrogen (secondary N) is 3. The van der Waals surface area contributed by atoms with Crippen LogP contribution in [0, 0.1) is 5.92 Å². The van der Waals surface area contributed by atoms with Crippen molar-refractivity contribution in [1.82, 2.24) is 20.9 Å². The van der Waals surface area contributed by atoms with Crippen LogP contribution in [-0.4, -0.2) is 65.8 Å². The van der Waals surface area contributed by atoms with Crippen molar-refractivity contribution in [2.24, 2.45) is 11.7 Å². The van der Waals surface area contributed by atoms with E-state index >= 15 is 0 Å². The molecule has 29 heavy (non-hydrogen) atoms. The Morgan fingerprint density at radius 1 is 1.10 bits per heavy atom. The fourth-order valence-electron chi connectivity index (χ4n) is 3.81. The van der Waals surface area contributed by atoms with Crippen molar-refractivity contribution in [1.29, 1.82) is 0 Å². The minimum atomic E-state index is -0.921. The van der Waals surface area contributed by atoms with Gasteiger partial charge in [0, 0.05) is 24.7 Å². The molecule has 1 aliphatic heterocycles. The van der Waals surface area contributed by atoms with E-state index in [9.17, 15) is 19.2 Å². The first-order valence-corrected chi connectivity index (χ1v) is 10.5. The van der Waals surface area contributed by atoms with E-state index in [0.717, 1.165) is 32.1 Å². The number of hydrogen-bond acceptors (Lipinski definition) is 5. The number of amides is 4. The zero-order chi connectivity index (χ0) is 21.6. The number of likely N-dealkylation sites (tertiary alicyclic amines) is 1. The predicted molar refractivity (Wildman–Crippen MR) is 109 cm³/mol. The van der Waals surface area contributed by atoms with E-state index in [1.807, 2.05) is 20.8 Å². The fourth-order valence-corrected chi connectivity index (χ4v) is 3.81. The molecule has 1 unspecified atom stereocenters. The van der Waals surface area contributed by atoms with Gasteiger partial charge in [-0.1, -0.05) is 19.3 Å². The van der Waals surface area contributed by atoms with E-state index in [0.29, 0.717) is 25.4 Å². The van der Waals surface area contributed by atoms with Crippen LogP contribution in [-0.2, 0) is 14.4 Å². The number of Topliss-reactive ketones (excluding diaryl/α,β-unsaturated/α-hetero) is 1. The highest BCUT2D eigenvalue weighted by Gasteiger charge is 2.33. The first kappa shape index (κ1) is 23.1. The molecule has 1 saturated heterocycles. The molecule has 0 aromatic carbocycles. The van der Waals surface area contributed by atoms with Gasteiger partial charge in [-0.25, -0.2) is 4.79 Å². The Kier molecular flexibility index (Phi) is 8.01. The van der Waals surface area contributed by atoms with E-state index in [2.05, 4.69) is 16.0 Å². The molecule has 9 heteroatoms. The lowest BCUT2D eigenvalue weighted by Crippen LogP contribution is -2.52. The van der Waals surface area contributed by atoms with Gasteiger partial charge in [0.05, 0.1) is 12.6 Å². The molecule has 5 N–H and O–H groups in total. The second-order valence-corrected chi connectivity index (χ2v) is 9.16. The predicted octanol–water partition coefficient (Wildman–Crippen LogP) is 0.278. The highest BCUT2D eigenvalue weighted by atomic mass is 16.2. The summed E-state index contributed by atoms with van der Waals surface area (Å²) in [4.78, 5) is 49.7. The summed E-state index contributed by atoms with van der Waals surface area (Å²) in [6.45, 7) is 6.56. The average Bonchev–Trinajstić information content (AvgIpc) is 3.04. The van der Waals surface area contributed by atoms with Gasteiger partial charge in [0.2, 0.25) is 11.7 Å². The fraction of sp³-hybridized carbons (Fsp3) is 0.800. The van der Waals surface area contributed by atoms with Gasteiger partial charge in [-0.05, 0) is 46.0 Å². The van der Waals surface area contributed by atoms with Crippen LogP contribution >= 0.6 is 0 Å². The number of ketones is 1. The third-order valence-electron chi connectivity index (χ3n) is 5.54. The van der Waals surface area contributed by atoms with Crippen molar-refractivity contribution in [3.05, 3.63) is 0 Å². The zero-order valence-corrected chi connectivity index (χ0v) is 17.8. The quantitative estimate of drug-likeness (QED) is 0.406. The number of urea groups is 1. The molecule has 2 atom stereocenters. The van der Waals surface area contributed by atoms with Crippen LogP contribution in [0.4, 0.5) is 4.79 Å². The van der Waals surface area contributed by atoms with E-state index in [1.165, 1.54) is 0 Å². The van der Waals surface area contributed by atoms with Crippen molar-refractivity contribution < 1.29 is 19.2 Å². The van der Waals surface area contributed by atoms with Crippen molar-refractivity contribution in [2.45, 2.75) is 76.9 Å². The maximum absolute atomic E-state index is 12.6. The molecule has 0 radical (unpaired) electrons. The topological polar surface area (TPSA) is 134 Å². The SMILES string of the molecule is CC(C)(C)NC(=O)NCC(=O)N1CCC[C@H]1CNC(CC1CCC1)C(=O)C(N)=O. The lowest BCUT2D eigenvalue weighted by molar-refractivity contribution is -0.137. The Bertz CT molecular complexity index is 627. The Morgan fingerprint density at radius 2 is 1.79 bits per heavy atom. The summed E-state index contributed by atoms with van der Waals surface area (Å²) >= 11 is 0. The molecule has 1 heterocycles. The number of hydrogen-bond donors (Lipinski definition) is 4. The van der Waals surface area contributed by atoms with E-state index in [1.54, 1.807) is 4.90 Å². The van der Waals surface area contributed by atoms with E-state index in [4.69, 9.17) is 5.73 Å². The molecule has 2 fully saturated rings. The molecular weight excluding hydrogens is 374 g/mol. The van der Waals surface area contributed by atoms with Crippen LogP contribution in [0.1, 0.15) is 59.3 Å². The number of rotatable bonds is 9. The van der Waals surface area contributed by atoms with Crippen LogP contribution in [0.3, 0.4) is 0 Å². The molecule has 1 saturated carbocycles. The molecule has 164 valence electrons. The minimum absolute atomic E-state index is 0.0699. The van der Waals surface area contributed by atoms with Gasteiger partial charge < -0.3 is 26.6 Å². The zero-order valence-electron chi connectivity index (χ0n) is 17.8. The Balaban J connectivity index is 1.85. The highest BCUT2D eigenvalue weighted by Crippen LogP contribution is 2.30. The van der Waals surface area contributed by atoms with E-state index in [-0.39, 0.29) is 30.1 Å². The summed E-state index contributed by atoms with van der Waals surface area (Å²) in [7, 11) is 0. The van der Waals surface area contributed by atoms with Crippen molar-refractivity contribution >= 4 is 23.6 Å². The highest BCUT2D eigenvalue weighted by molar-refractivity contribution is 6.37. The van der Waals surface area contributed by atoms with Gasteiger partial charge >= 0.3 is 6.03 Å². The normalized spacial score (nSPS) is 20.7. The van der Waals surface area contributed by atoms with E-state index < -0.39 is 17.7 Å². The summed E-state index contributed by atoms with van der Waals surface area (Å²) in [6.07, 6.45) is 5.58. The molecule has 2 rings (SSSR count). The van der Waals surface area contributed by atoms with Crippen molar-refractivity contribution in [2.75, 3.05) is 19.6 Å². The molecular formula is C20H35N5O4. The molecule has 9 nitrogen and oxygen atoms in total. The van der Waals surface area contributed by atoms with Crippen LogP contribution in [0.5, 0.6) is 0 Å². The summed E-state index contributed by atoms with van der Waals surface area (Å²) < 4.78 is 0. The monoisotopic (exact) mass is 409 g/mol. The maximum Gasteiger partial charge on any atom is 0.315 e. The summed E-state index contributed by atoms with van der Waals surface area (Å²) in [5, 5.41) is 8.53. The van der Waals surface area contributed by atoms with Crippen molar-refractivity contribution in [3.8, 4) is 0 Å². The van der Waals surface area contributed by atoms with Crippen LogP contribution in [0.15, 0.2) is 0 Å². The number of nitrogens with two attached hydrogens (primary N) is 1. The Morgan fingerprint density at radius 3 is 2.34 bits per heavy atom. The van der Waals surface area contributed by atoms with Crippen LogP contribution in [0.2, 0.25) is 0 Å². The van der Waals surface area contributed by atoms with Crippen LogP contribution < -0.4 is 21.7 Å². The minimum Gasteiger partial charge on any atom is -0.363 e. The Hall–Kier alpha value is -2.16. The third kappa shape index (κ3) is 7.30. The number of nitrogens with zero attached hydrogens (tertiary/aromatic N) is 1. The van der Waals surface area contributed by atoms with Gasteiger partial charge in [0.25, 0.3) is 5.91 Å². The smallest absolute Gasteiger partial charge is 0.315 e. The standard InChI is InChI=1S/C20H35N5O4/c1-20(2,3)24-19(29)23-12-16(26)25-9-5-8-14(25)11-22-15(17(27)18(21)28)10-13-6-4-7-13/h13-15,22H,4-12H2,1-3H3,(H2,21,28)(H2,23,24,29)/t14-,15?/m0/s1. The number of carbonyl (C=O) groups is 4. The molecule has 4 amide bonds. The van der Waals surface area contributed by atoms with Gasteiger partial charge in [0.1, 0.15) is 0 Å². The van der Waals surface area contributed by atoms with Crippen LogP contribution in [0.25, 0.3) is 0 Å². The second kappa shape index (κ2) is 10.0. The molecule has 0 aromatic rings. The Labute approximate surface area is 172 Å². The molecule has 0 aromatic heterocycles. The van der Waals surface area contributed by atoms with Gasteiger partial charge in [-0.2, -0.15) is 0 Å². The second-order valence-electron chi connectivity index (χ2n) is 9.16. The van der Waals surface area contributed by atoms with Gasteiger partial charge in [-0.15, -0.1) is 0 Å². The average molecular weight is 410 g/mol. The maximum atomic E-state index is 12.6. The molecule has 2 aliphatic rings. The van der Waals surface area contributed by atoms with Crippen molar-refractivity contribution in [3.63, 3.8) is 0 Å². The first-order chi connectivity index (χ1) is 13.6. The first-order valence-electron chi connectivity index (χ1n) is 10.5. The third-order valence-corrected chi connectivity index (χ3v) is 5.54. The molecule has 0 bridgehead atoms. The lowest BCUT2D eigenvalue weighted by Gasteiger charge is -2.31. The number of primary amides is 1. The summed E-state index contributed by atoms with van der Waals surface area (Å²) in [5.74, 6) is -1.22.